The summed E-state index contributed by atoms with van der Waals surface area (Å²) < 4.78 is 51.6. The Morgan fingerprint density at radius 1 is 1.00 bits per heavy atom. The second-order valence-electron chi connectivity index (χ2n) is 9.13. The molecule has 1 atom stereocenters. The molecule has 0 radical (unpaired) electrons. The van der Waals surface area contributed by atoms with E-state index < -0.39 is 34.4 Å². The number of likely N-dealkylation sites (N-methyl/N-ethyl adjacent to an activating group) is 1. The Hall–Kier alpha value is -3.80. The molecule has 0 spiro atoms. The first-order chi connectivity index (χ1) is 19.3. The van der Waals surface area contributed by atoms with Crippen LogP contribution >= 0.6 is 0 Å². The molecule has 4 rings (SSSR count). The number of amides is 2. The Bertz CT molecular complexity index is 1380. The Labute approximate surface area is 233 Å². The fourth-order valence-electron chi connectivity index (χ4n) is 4.36. The Kier molecular flexibility index (Phi) is 9.86. The lowest BCUT2D eigenvalue weighted by atomic mass is 10.0. The number of hydrogen-bond donors (Lipinski definition) is 1. The number of nitrogens with zero attached hydrogens (tertiary/aromatic N) is 2. The molecule has 0 aliphatic carbocycles. The molecule has 1 aliphatic heterocycles. The average molecular weight is 570 g/mol. The summed E-state index contributed by atoms with van der Waals surface area (Å²) in [5.41, 5.74) is 1.25. The molecule has 1 heterocycles. The highest BCUT2D eigenvalue weighted by atomic mass is 32.2. The lowest BCUT2D eigenvalue weighted by Crippen LogP contribution is -2.45. The van der Waals surface area contributed by atoms with Gasteiger partial charge in [-0.1, -0.05) is 42.5 Å². The van der Waals surface area contributed by atoms with Gasteiger partial charge in [0.05, 0.1) is 18.1 Å². The van der Waals surface area contributed by atoms with Crippen LogP contribution in [0.3, 0.4) is 0 Å². The third-order valence-corrected chi connectivity index (χ3v) is 8.32. The van der Waals surface area contributed by atoms with Gasteiger partial charge in [-0.25, -0.2) is 12.8 Å². The van der Waals surface area contributed by atoms with Crippen LogP contribution in [0.25, 0.3) is 0 Å². The molecule has 9 nitrogen and oxygen atoms in total. The maximum absolute atomic E-state index is 13.6. The van der Waals surface area contributed by atoms with E-state index in [-0.39, 0.29) is 30.4 Å². The topological polar surface area (TPSA) is 105 Å². The summed E-state index contributed by atoms with van der Waals surface area (Å²) in [4.78, 5) is 28.3. The van der Waals surface area contributed by atoms with Crippen LogP contribution < -0.4 is 10.1 Å². The first-order valence-corrected chi connectivity index (χ1v) is 14.4. The van der Waals surface area contributed by atoms with E-state index in [0.29, 0.717) is 36.6 Å². The zero-order valence-corrected chi connectivity index (χ0v) is 23.0. The molecule has 1 N–H and O–H groups in total. The van der Waals surface area contributed by atoms with Gasteiger partial charge < -0.3 is 19.7 Å². The molecule has 3 aromatic rings. The smallest absolute Gasteiger partial charge is 0.261 e. The summed E-state index contributed by atoms with van der Waals surface area (Å²) in [5, 5.41) is 2.79. The van der Waals surface area contributed by atoms with E-state index in [2.05, 4.69) is 5.32 Å². The summed E-state index contributed by atoms with van der Waals surface area (Å²) in [6.07, 6.45) is 0. The third-order valence-electron chi connectivity index (χ3n) is 6.41. The predicted octanol–water partition coefficient (Wildman–Crippen LogP) is 3.13. The zero-order valence-electron chi connectivity index (χ0n) is 22.2. The van der Waals surface area contributed by atoms with Crippen LogP contribution in [0.1, 0.15) is 24.1 Å². The highest BCUT2D eigenvalue weighted by molar-refractivity contribution is 7.89. The highest BCUT2D eigenvalue weighted by Crippen LogP contribution is 2.25. The van der Waals surface area contributed by atoms with Gasteiger partial charge in [0.2, 0.25) is 15.9 Å². The summed E-state index contributed by atoms with van der Waals surface area (Å²) in [6, 6.07) is 19.5. The van der Waals surface area contributed by atoms with E-state index >= 15 is 0 Å². The number of rotatable bonds is 11. The molecule has 40 heavy (non-hydrogen) atoms. The standard InChI is InChI=1S/C29H32FN3O6S/c1-2-31-29(35)28(23-6-4-3-5-7-23)33(20-22-8-10-24(30)11-9-22)27(34)21-39-25-12-14-26(15-13-25)40(36,37)32-16-18-38-19-17-32/h3-15,28H,2,16-21H2,1H3,(H,31,35)/t28-/m1/s1. The largest absolute Gasteiger partial charge is 0.484 e. The van der Waals surface area contributed by atoms with E-state index in [4.69, 9.17) is 9.47 Å². The first kappa shape index (κ1) is 29.2. The second-order valence-corrected chi connectivity index (χ2v) is 11.1. The van der Waals surface area contributed by atoms with Crippen molar-refractivity contribution in [1.82, 2.24) is 14.5 Å². The maximum atomic E-state index is 13.6. The van der Waals surface area contributed by atoms with E-state index in [1.54, 1.807) is 43.3 Å². The minimum absolute atomic E-state index is 0.0376. The van der Waals surface area contributed by atoms with E-state index in [1.165, 1.54) is 45.6 Å². The van der Waals surface area contributed by atoms with Crippen molar-refractivity contribution in [3.05, 3.63) is 95.8 Å². The van der Waals surface area contributed by atoms with Crippen molar-refractivity contribution in [2.24, 2.45) is 0 Å². The number of hydrogen-bond acceptors (Lipinski definition) is 6. The SMILES string of the molecule is CCNC(=O)[C@@H](c1ccccc1)N(Cc1ccc(F)cc1)C(=O)COc1ccc(S(=O)(=O)N2CCOCC2)cc1. The third kappa shape index (κ3) is 7.23. The maximum Gasteiger partial charge on any atom is 0.261 e. The van der Waals surface area contributed by atoms with Crippen LogP contribution in [0.4, 0.5) is 4.39 Å². The Morgan fingerprint density at radius 2 is 1.65 bits per heavy atom. The molecule has 0 bridgehead atoms. The first-order valence-electron chi connectivity index (χ1n) is 13.0. The lowest BCUT2D eigenvalue weighted by Gasteiger charge is -2.31. The van der Waals surface area contributed by atoms with Crippen molar-refractivity contribution in [2.75, 3.05) is 39.5 Å². The molecule has 0 saturated carbocycles. The van der Waals surface area contributed by atoms with Gasteiger partial charge >= 0.3 is 0 Å². The van der Waals surface area contributed by atoms with Gasteiger partial charge in [-0.05, 0) is 54.4 Å². The molecule has 11 heteroatoms. The van der Waals surface area contributed by atoms with Crippen molar-refractivity contribution < 1.29 is 31.9 Å². The van der Waals surface area contributed by atoms with Crippen LogP contribution in [0.5, 0.6) is 5.75 Å². The highest BCUT2D eigenvalue weighted by Gasteiger charge is 2.32. The van der Waals surface area contributed by atoms with E-state index in [9.17, 15) is 22.4 Å². The van der Waals surface area contributed by atoms with Crippen LogP contribution in [-0.4, -0.2) is 68.9 Å². The molecular formula is C29H32FN3O6S. The molecule has 1 saturated heterocycles. The summed E-state index contributed by atoms with van der Waals surface area (Å²) >= 11 is 0. The number of carbonyl (C=O) groups is 2. The molecule has 2 amide bonds. The van der Waals surface area contributed by atoms with Gasteiger partial charge in [0.1, 0.15) is 17.6 Å². The zero-order chi connectivity index (χ0) is 28.5. The molecule has 0 unspecified atom stereocenters. The van der Waals surface area contributed by atoms with E-state index in [1.807, 2.05) is 6.07 Å². The number of carbonyl (C=O) groups excluding carboxylic acids is 2. The number of nitrogens with one attached hydrogen (secondary N) is 1. The van der Waals surface area contributed by atoms with Crippen molar-refractivity contribution in [1.29, 1.82) is 0 Å². The van der Waals surface area contributed by atoms with Gasteiger partial charge in [0.15, 0.2) is 6.61 Å². The number of morpholine rings is 1. The molecule has 1 aliphatic rings. The fraction of sp³-hybridized carbons (Fsp3) is 0.310. The van der Waals surface area contributed by atoms with Crippen molar-refractivity contribution >= 4 is 21.8 Å². The van der Waals surface area contributed by atoms with Crippen molar-refractivity contribution in [3.63, 3.8) is 0 Å². The number of ether oxygens (including phenoxy) is 2. The second kappa shape index (κ2) is 13.5. The molecular weight excluding hydrogens is 537 g/mol. The van der Waals surface area contributed by atoms with Crippen LogP contribution in [0, 0.1) is 5.82 Å². The van der Waals surface area contributed by atoms with Crippen LogP contribution in [-0.2, 0) is 30.9 Å². The summed E-state index contributed by atoms with van der Waals surface area (Å²) in [6.45, 7) is 3.05. The minimum atomic E-state index is -3.67. The molecule has 3 aromatic carbocycles. The van der Waals surface area contributed by atoms with Crippen molar-refractivity contribution in [3.8, 4) is 5.75 Å². The quantitative estimate of drug-likeness (QED) is 0.381. The number of benzene rings is 3. The lowest BCUT2D eigenvalue weighted by molar-refractivity contribution is -0.143. The summed E-state index contributed by atoms with van der Waals surface area (Å²) in [5.74, 6) is -0.950. The van der Waals surface area contributed by atoms with Gasteiger partial charge in [-0.2, -0.15) is 4.31 Å². The van der Waals surface area contributed by atoms with Gasteiger partial charge in [-0.3, -0.25) is 9.59 Å². The van der Waals surface area contributed by atoms with E-state index in [0.717, 1.165) is 0 Å². The van der Waals surface area contributed by atoms with Gasteiger partial charge in [0, 0.05) is 26.2 Å². The number of sulfonamides is 1. The number of halogens is 1. The molecule has 212 valence electrons. The van der Waals surface area contributed by atoms with Crippen LogP contribution in [0.2, 0.25) is 0 Å². The monoisotopic (exact) mass is 569 g/mol. The average Bonchev–Trinajstić information content (AvgIpc) is 2.98. The Morgan fingerprint density at radius 3 is 2.27 bits per heavy atom. The minimum Gasteiger partial charge on any atom is -0.484 e. The van der Waals surface area contributed by atoms with Crippen molar-refractivity contribution in [2.45, 2.75) is 24.4 Å². The summed E-state index contributed by atoms with van der Waals surface area (Å²) in [7, 11) is -3.67. The van der Waals surface area contributed by atoms with Gasteiger partial charge in [0.25, 0.3) is 5.91 Å². The molecule has 0 aromatic heterocycles. The molecule has 1 fully saturated rings. The Balaban J connectivity index is 1.54. The fourth-order valence-corrected chi connectivity index (χ4v) is 5.77. The predicted molar refractivity (Wildman–Crippen MR) is 146 cm³/mol. The van der Waals surface area contributed by atoms with Gasteiger partial charge in [-0.15, -0.1) is 0 Å². The normalized spacial score (nSPS) is 14.8. The van der Waals surface area contributed by atoms with Crippen LogP contribution in [0.15, 0.2) is 83.8 Å².